The van der Waals surface area contributed by atoms with E-state index in [2.05, 4.69) is 66.3 Å². The fourth-order valence-corrected chi connectivity index (χ4v) is 3.10. The maximum absolute atomic E-state index is 5.55. The second kappa shape index (κ2) is 7.10. The van der Waals surface area contributed by atoms with Crippen molar-refractivity contribution >= 4 is 15.9 Å². The van der Waals surface area contributed by atoms with Crippen molar-refractivity contribution in [2.75, 3.05) is 13.7 Å². The Kier molecular flexibility index (Phi) is 5.43. The summed E-state index contributed by atoms with van der Waals surface area (Å²) in [6.07, 6.45) is 0. The van der Waals surface area contributed by atoms with Crippen LogP contribution >= 0.6 is 15.9 Å². The van der Waals surface area contributed by atoms with Gasteiger partial charge in [0.1, 0.15) is 5.75 Å². The van der Waals surface area contributed by atoms with Crippen LogP contribution in [-0.4, -0.2) is 13.7 Å². The first-order valence-electron chi connectivity index (χ1n) is 7.20. The predicted octanol–water partition coefficient (Wildman–Crippen LogP) is 4.77. The van der Waals surface area contributed by atoms with E-state index in [0.717, 1.165) is 22.3 Å². The van der Waals surface area contributed by atoms with Crippen LogP contribution in [0.1, 0.15) is 35.2 Å². The Morgan fingerprint density at radius 2 is 1.76 bits per heavy atom. The highest BCUT2D eigenvalue weighted by Gasteiger charge is 2.18. The molecule has 0 heterocycles. The summed E-state index contributed by atoms with van der Waals surface area (Å²) < 4.78 is 6.61. The number of halogens is 1. The van der Waals surface area contributed by atoms with E-state index in [0.29, 0.717) is 0 Å². The van der Waals surface area contributed by atoms with Gasteiger partial charge in [-0.25, -0.2) is 0 Å². The fraction of sp³-hybridized carbons (Fsp3) is 0.333. The number of hydrogen-bond acceptors (Lipinski definition) is 2. The molecule has 0 aromatic heterocycles. The van der Waals surface area contributed by atoms with E-state index in [1.807, 2.05) is 12.1 Å². The molecular weight excluding hydrogens is 326 g/mol. The summed E-state index contributed by atoms with van der Waals surface area (Å²) in [6, 6.07) is 12.9. The summed E-state index contributed by atoms with van der Waals surface area (Å²) in [6.45, 7) is 7.29. The summed E-state index contributed by atoms with van der Waals surface area (Å²) in [7, 11) is 1.72. The number of hydrogen-bond donors (Lipinski definition) is 1. The summed E-state index contributed by atoms with van der Waals surface area (Å²) in [5.74, 6) is 0.906. The van der Waals surface area contributed by atoms with Crippen LogP contribution in [-0.2, 0) is 0 Å². The highest BCUT2D eigenvalue weighted by atomic mass is 79.9. The lowest BCUT2D eigenvalue weighted by Crippen LogP contribution is -2.22. The quantitative estimate of drug-likeness (QED) is 0.840. The van der Waals surface area contributed by atoms with E-state index in [4.69, 9.17) is 4.74 Å². The van der Waals surface area contributed by atoms with Crippen molar-refractivity contribution in [2.24, 2.45) is 0 Å². The standard InChI is InChI=1S/C18H22BrNO/c1-5-20-18(14-9-12(2)8-13(3)10-14)16-11-15(19)6-7-17(16)21-4/h6-11,18,20H,5H2,1-4H3. The molecule has 0 radical (unpaired) electrons. The average molecular weight is 348 g/mol. The number of methoxy groups -OCH3 is 1. The molecule has 1 unspecified atom stereocenters. The van der Waals surface area contributed by atoms with Crippen LogP contribution in [0.25, 0.3) is 0 Å². The van der Waals surface area contributed by atoms with Crippen LogP contribution in [0.4, 0.5) is 0 Å². The van der Waals surface area contributed by atoms with Crippen LogP contribution in [0.3, 0.4) is 0 Å². The van der Waals surface area contributed by atoms with E-state index >= 15 is 0 Å². The third kappa shape index (κ3) is 3.86. The van der Waals surface area contributed by atoms with Crippen molar-refractivity contribution in [3.8, 4) is 5.75 Å². The molecule has 0 spiro atoms. The summed E-state index contributed by atoms with van der Waals surface area (Å²) >= 11 is 3.56. The van der Waals surface area contributed by atoms with E-state index in [-0.39, 0.29) is 6.04 Å². The fourth-order valence-electron chi connectivity index (χ4n) is 2.72. The Morgan fingerprint density at radius 3 is 2.33 bits per heavy atom. The molecule has 2 nitrogen and oxygen atoms in total. The molecular formula is C18H22BrNO. The second-order valence-electron chi connectivity index (χ2n) is 5.30. The first-order chi connectivity index (χ1) is 10.0. The van der Waals surface area contributed by atoms with Crippen LogP contribution in [0, 0.1) is 13.8 Å². The normalized spacial score (nSPS) is 12.2. The maximum atomic E-state index is 5.55. The lowest BCUT2D eigenvalue weighted by molar-refractivity contribution is 0.404. The Morgan fingerprint density at radius 1 is 1.10 bits per heavy atom. The molecule has 1 N–H and O–H groups in total. The predicted molar refractivity (Wildman–Crippen MR) is 92.1 cm³/mol. The topological polar surface area (TPSA) is 21.3 Å². The molecule has 0 aliphatic rings. The van der Waals surface area contributed by atoms with Gasteiger partial charge in [-0.05, 0) is 44.2 Å². The Labute approximate surface area is 135 Å². The number of ether oxygens (including phenoxy) is 1. The molecule has 2 rings (SSSR count). The molecule has 21 heavy (non-hydrogen) atoms. The van der Waals surface area contributed by atoms with Gasteiger partial charge in [0.2, 0.25) is 0 Å². The van der Waals surface area contributed by atoms with Crippen molar-refractivity contribution in [3.05, 3.63) is 63.1 Å². The third-order valence-electron chi connectivity index (χ3n) is 3.49. The van der Waals surface area contributed by atoms with E-state index < -0.39 is 0 Å². The van der Waals surface area contributed by atoms with Gasteiger partial charge in [-0.1, -0.05) is 52.2 Å². The minimum absolute atomic E-state index is 0.126. The monoisotopic (exact) mass is 347 g/mol. The maximum Gasteiger partial charge on any atom is 0.124 e. The Balaban J connectivity index is 2.55. The molecule has 0 aliphatic heterocycles. The number of nitrogens with one attached hydrogen (secondary N) is 1. The van der Waals surface area contributed by atoms with Gasteiger partial charge in [0.15, 0.2) is 0 Å². The minimum Gasteiger partial charge on any atom is -0.496 e. The van der Waals surface area contributed by atoms with Gasteiger partial charge in [-0.3, -0.25) is 0 Å². The van der Waals surface area contributed by atoms with Gasteiger partial charge in [0, 0.05) is 10.0 Å². The van der Waals surface area contributed by atoms with Crippen molar-refractivity contribution in [1.82, 2.24) is 5.32 Å². The molecule has 3 heteroatoms. The Hall–Kier alpha value is -1.32. The molecule has 112 valence electrons. The summed E-state index contributed by atoms with van der Waals surface area (Å²) in [5, 5.41) is 3.57. The molecule has 0 aliphatic carbocycles. The molecule has 2 aromatic rings. The molecule has 0 fully saturated rings. The van der Waals surface area contributed by atoms with Crippen LogP contribution in [0.5, 0.6) is 5.75 Å². The second-order valence-corrected chi connectivity index (χ2v) is 6.21. The SMILES string of the molecule is CCNC(c1cc(C)cc(C)c1)c1cc(Br)ccc1OC. The number of aryl methyl sites for hydroxylation is 2. The zero-order valence-electron chi connectivity index (χ0n) is 13.0. The van der Waals surface area contributed by atoms with E-state index in [1.165, 1.54) is 16.7 Å². The molecule has 1 atom stereocenters. The lowest BCUT2D eigenvalue weighted by atomic mass is 9.95. The molecule has 0 saturated heterocycles. The van der Waals surface area contributed by atoms with Crippen LogP contribution in [0.2, 0.25) is 0 Å². The third-order valence-corrected chi connectivity index (χ3v) is 3.98. The van der Waals surface area contributed by atoms with Crippen molar-refractivity contribution in [2.45, 2.75) is 26.8 Å². The van der Waals surface area contributed by atoms with Gasteiger partial charge in [0.25, 0.3) is 0 Å². The molecule has 0 saturated carbocycles. The van der Waals surface area contributed by atoms with Gasteiger partial charge in [-0.15, -0.1) is 0 Å². The summed E-state index contributed by atoms with van der Waals surface area (Å²) in [5.41, 5.74) is 4.98. The molecule has 0 bridgehead atoms. The summed E-state index contributed by atoms with van der Waals surface area (Å²) in [4.78, 5) is 0. The Bertz CT molecular complexity index is 604. The first-order valence-corrected chi connectivity index (χ1v) is 7.99. The van der Waals surface area contributed by atoms with Gasteiger partial charge in [-0.2, -0.15) is 0 Å². The largest absolute Gasteiger partial charge is 0.496 e. The van der Waals surface area contributed by atoms with Crippen molar-refractivity contribution in [1.29, 1.82) is 0 Å². The van der Waals surface area contributed by atoms with Gasteiger partial charge in [0.05, 0.1) is 13.2 Å². The molecule has 0 amide bonds. The van der Waals surface area contributed by atoms with Gasteiger partial charge < -0.3 is 10.1 Å². The number of rotatable bonds is 5. The average Bonchev–Trinajstić information content (AvgIpc) is 2.43. The highest BCUT2D eigenvalue weighted by Crippen LogP contribution is 2.33. The zero-order valence-corrected chi connectivity index (χ0v) is 14.6. The van der Waals surface area contributed by atoms with E-state index in [1.54, 1.807) is 7.11 Å². The van der Waals surface area contributed by atoms with Crippen LogP contribution in [0.15, 0.2) is 40.9 Å². The smallest absolute Gasteiger partial charge is 0.124 e. The highest BCUT2D eigenvalue weighted by molar-refractivity contribution is 9.10. The minimum atomic E-state index is 0.126. The van der Waals surface area contributed by atoms with Gasteiger partial charge >= 0.3 is 0 Å². The lowest BCUT2D eigenvalue weighted by Gasteiger charge is -2.22. The van der Waals surface area contributed by atoms with Crippen LogP contribution < -0.4 is 10.1 Å². The number of benzene rings is 2. The van der Waals surface area contributed by atoms with Crippen molar-refractivity contribution in [3.63, 3.8) is 0 Å². The first kappa shape index (κ1) is 16.1. The van der Waals surface area contributed by atoms with E-state index in [9.17, 15) is 0 Å². The van der Waals surface area contributed by atoms with Crippen molar-refractivity contribution < 1.29 is 4.74 Å². The molecule has 2 aromatic carbocycles. The zero-order chi connectivity index (χ0) is 15.4.